The Kier molecular flexibility index (Phi) is 3.63. The van der Waals surface area contributed by atoms with E-state index in [2.05, 4.69) is 0 Å². The van der Waals surface area contributed by atoms with Gasteiger partial charge in [-0.2, -0.15) is 0 Å². The Balaban J connectivity index is 2.30. The molecule has 0 spiro atoms. The molecule has 1 fully saturated rings. The molecule has 0 aromatic carbocycles. The van der Waals surface area contributed by atoms with Crippen LogP contribution >= 0.6 is 0 Å². The van der Waals surface area contributed by atoms with Crippen LogP contribution in [0.4, 0.5) is 0 Å². The highest BCUT2D eigenvalue weighted by Gasteiger charge is 2.21. The summed E-state index contributed by atoms with van der Waals surface area (Å²) in [4.78, 5) is 0. The van der Waals surface area contributed by atoms with E-state index >= 15 is 0 Å². The zero-order chi connectivity index (χ0) is 8.10. The average molecular weight is 174 g/mol. The van der Waals surface area contributed by atoms with Crippen LogP contribution in [0.15, 0.2) is 11.4 Å². The highest BCUT2D eigenvalue weighted by Crippen LogP contribution is 2.15. The molecule has 1 aliphatic rings. The fourth-order valence-corrected chi connectivity index (χ4v) is 3.04. The minimum absolute atomic E-state index is 0.127. The first-order valence-electron chi connectivity index (χ1n) is 4.01. The third-order valence-corrected chi connectivity index (χ3v) is 3.76. The smallest absolute Gasteiger partial charge is 0.141 e. The van der Waals surface area contributed by atoms with Crippen molar-refractivity contribution in [1.82, 2.24) is 0 Å². The maximum atomic E-state index is 10.9. The van der Waals surface area contributed by atoms with Crippen molar-refractivity contribution in [2.75, 3.05) is 18.1 Å². The van der Waals surface area contributed by atoms with Gasteiger partial charge in [0.2, 0.25) is 0 Å². The topological polar surface area (TPSA) is 32.3 Å². The monoisotopic (exact) mass is 174 g/mol. The molecule has 1 rings (SSSR count). The Morgan fingerprint density at radius 1 is 1.55 bits per heavy atom. The van der Waals surface area contributed by atoms with Gasteiger partial charge in [0.25, 0.3) is 0 Å². The first kappa shape index (κ1) is 8.78. The van der Waals surface area contributed by atoms with Gasteiger partial charge in [0, 0.05) is 10.9 Å². The van der Waals surface area contributed by atoms with Crippen molar-refractivity contribution >= 4 is 10.9 Å². The van der Waals surface area contributed by atoms with Gasteiger partial charge in [-0.15, -0.1) is 0 Å². The first-order valence-corrected chi connectivity index (χ1v) is 5.63. The molecule has 3 heteroatoms. The summed E-state index contributed by atoms with van der Waals surface area (Å²) < 4.78 is 4.82. The Morgan fingerprint density at radius 3 is 2.73 bits per heavy atom. The van der Waals surface area contributed by atoms with Crippen molar-refractivity contribution in [3.05, 3.63) is 11.4 Å². The van der Waals surface area contributed by atoms with Crippen LogP contribution in [0.3, 0.4) is 0 Å². The van der Waals surface area contributed by atoms with Gasteiger partial charge in [-0.25, -0.2) is 0 Å². The Labute approximate surface area is 70.6 Å². The third-order valence-electron chi connectivity index (χ3n) is 1.61. The lowest BCUT2D eigenvalue weighted by Gasteiger charge is -2.09. The summed E-state index contributed by atoms with van der Waals surface area (Å²) in [6, 6.07) is 0. The van der Waals surface area contributed by atoms with Crippen LogP contribution in [0, 0.1) is 0 Å². The molecular formula is C8H14O2S. The van der Waals surface area contributed by atoms with E-state index in [0.717, 1.165) is 0 Å². The predicted octanol–water partition coefficient (Wildman–Crippen LogP) is 0.594. The van der Waals surface area contributed by atoms with E-state index in [1.54, 1.807) is 5.41 Å². The van der Waals surface area contributed by atoms with E-state index in [0.29, 0.717) is 6.61 Å². The van der Waals surface area contributed by atoms with Gasteiger partial charge in [0.05, 0.1) is 0 Å². The summed E-state index contributed by atoms with van der Waals surface area (Å²) in [5.41, 5.74) is 0. The lowest BCUT2D eigenvalue weighted by atomic mass is 10.4. The number of ether oxygens (including phenoxy) is 1. The van der Waals surface area contributed by atoms with Crippen LogP contribution in [0.2, 0.25) is 0 Å². The maximum Gasteiger partial charge on any atom is 0.141 e. The Hall–Kier alpha value is -0.310. The molecule has 1 heterocycles. The standard InChI is InChI=1S/C8H14O2S/c1-2-10-8(9)7-11-5-3-4-6-11/h7H,2-6H2,1H3/b8-7+. The van der Waals surface area contributed by atoms with Gasteiger partial charge in [-0.3, -0.25) is 0 Å². The largest absolute Gasteiger partial charge is 0.611 e. The quantitative estimate of drug-likeness (QED) is 0.463. The maximum absolute atomic E-state index is 10.9. The molecule has 64 valence electrons. The second-order valence-corrected chi connectivity index (χ2v) is 4.65. The van der Waals surface area contributed by atoms with Crippen LogP contribution in [-0.2, 0) is 15.6 Å². The van der Waals surface area contributed by atoms with Gasteiger partial charge in [-0.05, 0) is 19.4 Å². The molecule has 0 radical (unpaired) electrons. The van der Waals surface area contributed by atoms with Crippen LogP contribution in [0.25, 0.3) is 0 Å². The minimum atomic E-state index is -0.127. The second kappa shape index (κ2) is 4.54. The van der Waals surface area contributed by atoms with Gasteiger partial charge in [0.1, 0.15) is 22.9 Å². The van der Waals surface area contributed by atoms with Crippen molar-refractivity contribution in [1.29, 1.82) is 0 Å². The van der Waals surface area contributed by atoms with Crippen LogP contribution in [0.5, 0.6) is 0 Å². The van der Waals surface area contributed by atoms with E-state index in [-0.39, 0.29) is 16.8 Å². The fourth-order valence-electron chi connectivity index (χ4n) is 1.11. The predicted molar refractivity (Wildman–Crippen MR) is 46.0 cm³/mol. The van der Waals surface area contributed by atoms with Gasteiger partial charge in [-0.1, -0.05) is 6.92 Å². The molecule has 0 unspecified atom stereocenters. The highest BCUT2D eigenvalue weighted by molar-refractivity contribution is 7.99. The normalized spacial score (nSPS) is 20.6. The molecule has 0 aliphatic carbocycles. The van der Waals surface area contributed by atoms with E-state index in [9.17, 15) is 5.11 Å². The minimum Gasteiger partial charge on any atom is -0.611 e. The summed E-state index contributed by atoms with van der Waals surface area (Å²) in [7, 11) is 0.242. The van der Waals surface area contributed by atoms with E-state index in [1.165, 1.54) is 24.3 Å². The molecular weight excluding hydrogens is 160 g/mol. The molecule has 0 atom stereocenters. The Bertz CT molecular complexity index is 139. The van der Waals surface area contributed by atoms with Crippen molar-refractivity contribution in [2.45, 2.75) is 19.8 Å². The number of rotatable bonds is 3. The summed E-state index contributed by atoms with van der Waals surface area (Å²) in [5, 5.41) is 12.7. The average Bonchev–Trinajstić information content (AvgIpc) is 2.40. The van der Waals surface area contributed by atoms with E-state index < -0.39 is 0 Å². The van der Waals surface area contributed by atoms with Crippen LogP contribution < -0.4 is 5.11 Å². The SMILES string of the molecule is CCO/C([O-])=C/[S+]1CCCC1. The number of hydrogen-bond donors (Lipinski definition) is 0. The first-order chi connectivity index (χ1) is 5.33. The fraction of sp³-hybridized carbons (Fsp3) is 0.750. The lowest BCUT2D eigenvalue weighted by molar-refractivity contribution is -0.356. The molecule has 2 nitrogen and oxygen atoms in total. The van der Waals surface area contributed by atoms with E-state index in [1.807, 2.05) is 6.92 Å². The van der Waals surface area contributed by atoms with Crippen molar-refractivity contribution in [3.8, 4) is 0 Å². The lowest BCUT2D eigenvalue weighted by Crippen LogP contribution is -2.11. The van der Waals surface area contributed by atoms with Gasteiger partial charge >= 0.3 is 0 Å². The van der Waals surface area contributed by atoms with Crippen LogP contribution in [-0.4, -0.2) is 18.1 Å². The molecule has 0 N–H and O–H groups in total. The summed E-state index contributed by atoms with van der Waals surface area (Å²) in [5.74, 6) is 2.26. The molecule has 1 aliphatic heterocycles. The second-order valence-electron chi connectivity index (χ2n) is 2.52. The summed E-state index contributed by atoms with van der Waals surface area (Å²) in [6.45, 7) is 2.33. The molecule has 1 saturated heterocycles. The Morgan fingerprint density at radius 2 is 2.18 bits per heavy atom. The van der Waals surface area contributed by atoms with Crippen molar-refractivity contribution < 1.29 is 9.84 Å². The molecule has 0 aromatic heterocycles. The summed E-state index contributed by atoms with van der Waals surface area (Å²) >= 11 is 0. The highest BCUT2D eigenvalue weighted by atomic mass is 32.2. The molecule has 0 saturated carbocycles. The van der Waals surface area contributed by atoms with Crippen molar-refractivity contribution in [2.24, 2.45) is 0 Å². The van der Waals surface area contributed by atoms with Crippen LogP contribution in [0.1, 0.15) is 19.8 Å². The number of hydrogen-bond acceptors (Lipinski definition) is 2. The van der Waals surface area contributed by atoms with Gasteiger partial charge < -0.3 is 9.84 Å². The molecule has 0 amide bonds. The zero-order valence-corrected chi connectivity index (χ0v) is 7.65. The zero-order valence-electron chi connectivity index (χ0n) is 6.84. The molecule has 0 aromatic rings. The van der Waals surface area contributed by atoms with Gasteiger partial charge in [0.15, 0.2) is 0 Å². The molecule has 11 heavy (non-hydrogen) atoms. The van der Waals surface area contributed by atoms with Crippen molar-refractivity contribution in [3.63, 3.8) is 0 Å². The molecule has 0 bridgehead atoms. The summed E-state index contributed by atoms with van der Waals surface area (Å²) in [6.07, 6.45) is 2.55. The van der Waals surface area contributed by atoms with E-state index in [4.69, 9.17) is 4.74 Å². The third kappa shape index (κ3) is 3.06.